The molecule has 0 radical (unpaired) electrons. The Balaban J connectivity index is 3.44. The average Bonchev–Trinajstić information content (AvgIpc) is 1.97. The number of ether oxygens (including phenoxy) is 1. The van der Waals surface area contributed by atoms with Crippen molar-refractivity contribution < 1.29 is 14.6 Å². The van der Waals surface area contributed by atoms with Crippen LogP contribution in [0.25, 0.3) is 0 Å². The van der Waals surface area contributed by atoms with Crippen molar-refractivity contribution in [1.82, 2.24) is 3.53 Å². The molecule has 0 rings (SSSR count). The Labute approximate surface area is 74.0 Å². The van der Waals surface area contributed by atoms with Crippen molar-refractivity contribution in [3.05, 3.63) is 0 Å². The number of hydrogen-bond donors (Lipinski definition) is 2. The van der Waals surface area contributed by atoms with Gasteiger partial charge in [0.15, 0.2) is 0 Å². The van der Waals surface area contributed by atoms with Gasteiger partial charge in [-0.15, -0.1) is 0 Å². The molecule has 0 atom stereocenters. The Hall–Kier alpha value is 0.120. The molecule has 68 valence electrons. The van der Waals surface area contributed by atoms with Gasteiger partial charge in [-0.3, -0.25) is 0 Å². The summed E-state index contributed by atoms with van der Waals surface area (Å²) in [6, 6.07) is 0. The molecule has 11 heavy (non-hydrogen) atoms. The van der Waals surface area contributed by atoms with Crippen molar-refractivity contribution in [2.75, 3.05) is 17.8 Å². The zero-order chi connectivity index (χ0) is 8.69. The Morgan fingerprint density at radius 1 is 1.64 bits per heavy atom. The van der Waals surface area contributed by atoms with Gasteiger partial charge in [0.05, 0.1) is 0 Å². The van der Waals surface area contributed by atoms with Crippen LogP contribution >= 0.6 is 20.1 Å². The SMILES string of the molecule is CCOCNI(CC)C(=O)O. The van der Waals surface area contributed by atoms with Crippen LogP contribution in [-0.2, 0) is 4.74 Å². The van der Waals surface area contributed by atoms with E-state index in [9.17, 15) is 4.79 Å². The van der Waals surface area contributed by atoms with Gasteiger partial charge in [-0.05, 0) is 0 Å². The van der Waals surface area contributed by atoms with Crippen molar-refractivity contribution in [1.29, 1.82) is 0 Å². The minimum atomic E-state index is -1.94. The number of carbonyl (C=O) groups is 1. The number of rotatable bonds is 6. The average molecular weight is 275 g/mol. The van der Waals surface area contributed by atoms with Gasteiger partial charge in [-0.2, -0.15) is 0 Å². The summed E-state index contributed by atoms with van der Waals surface area (Å²) in [6.45, 7) is 4.77. The van der Waals surface area contributed by atoms with E-state index in [-0.39, 0.29) is 0 Å². The summed E-state index contributed by atoms with van der Waals surface area (Å²) in [7, 11) is 0. The maximum absolute atomic E-state index is 10.5. The molecular weight excluding hydrogens is 261 g/mol. The molecule has 0 aliphatic heterocycles. The molecule has 0 spiro atoms. The first-order valence-corrected chi connectivity index (χ1v) is 7.10. The van der Waals surface area contributed by atoms with E-state index in [4.69, 9.17) is 9.84 Å². The first-order valence-electron chi connectivity index (χ1n) is 3.42. The van der Waals surface area contributed by atoms with Crippen molar-refractivity contribution >= 4 is 24.1 Å². The van der Waals surface area contributed by atoms with Crippen LogP contribution in [0, 0.1) is 0 Å². The van der Waals surface area contributed by atoms with Gasteiger partial charge in [0.2, 0.25) is 0 Å². The van der Waals surface area contributed by atoms with Gasteiger partial charge in [-0.25, -0.2) is 0 Å². The quantitative estimate of drug-likeness (QED) is 0.193. The molecule has 0 aromatic rings. The third-order valence-electron chi connectivity index (χ3n) is 0.984. The minimum absolute atomic E-state index is 0.376. The Morgan fingerprint density at radius 2 is 2.27 bits per heavy atom. The van der Waals surface area contributed by atoms with Crippen LogP contribution in [0.2, 0.25) is 0 Å². The van der Waals surface area contributed by atoms with Crippen molar-refractivity contribution in [3.63, 3.8) is 0 Å². The zero-order valence-corrected chi connectivity index (χ0v) is 8.92. The summed E-state index contributed by atoms with van der Waals surface area (Å²) in [5, 5.41) is 8.62. The predicted octanol–water partition coefficient (Wildman–Crippen LogP) is 1.69. The number of halogens is 1. The number of nitrogens with one attached hydrogen (secondary N) is 1. The molecule has 0 bridgehead atoms. The molecule has 0 heterocycles. The van der Waals surface area contributed by atoms with Crippen LogP contribution in [0.4, 0.5) is 4.79 Å². The molecule has 2 N–H and O–H groups in total. The van der Waals surface area contributed by atoms with Crippen LogP contribution in [-0.4, -0.2) is 26.8 Å². The van der Waals surface area contributed by atoms with E-state index >= 15 is 0 Å². The van der Waals surface area contributed by atoms with E-state index in [1.807, 2.05) is 13.8 Å². The topological polar surface area (TPSA) is 58.6 Å². The molecule has 0 aliphatic carbocycles. The van der Waals surface area contributed by atoms with Gasteiger partial charge in [-0.1, -0.05) is 0 Å². The van der Waals surface area contributed by atoms with Gasteiger partial charge >= 0.3 is 73.8 Å². The molecule has 0 aliphatic rings. The Kier molecular flexibility index (Phi) is 6.88. The van der Waals surface area contributed by atoms with Crippen LogP contribution in [0.1, 0.15) is 13.8 Å². The third-order valence-corrected chi connectivity index (χ3v) is 4.86. The van der Waals surface area contributed by atoms with Crippen LogP contribution in [0.15, 0.2) is 0 Å². The summed E-state index contributed by atoms with van der Waals surface area (Å²) < 4.78 is 7.94. The predicted molar refractivity (Wildman–Crippen MR) is 52.2 cm³/mol. The molecule has 5 heteroatoms. The molecule has 0 aromatic carbocycles. The molecule has 0 fully saturated rings. The Bertz CT molecular complexity index is 120. The fourth-order valence-corrected chi connectivity index (χ4v) is 2.59. The van der Waals surface area contributed by atoms with E-state index in [2.05, 4.69) is 3.53 Å². The van der Waals surface area contributed by atoms with Crippen molar-refractivity contribution in [2.24, 2.45) is 0 Å². The fraction of sp³-hybridized carbons (Fsp3) is 0.833. The van der Waals surface area contributed by atoms with Crippen LogP contribution < -0.4 is 3.53 Å². The normalized spacial score (nSPS) is 11.3. The zero-order valence-electron chi connectivity index (χ0n) is 6.76. The molecule has 0 aromatic heterocycles. The monoisotopic (exact) mass is 275 g/mol. The van der Waals surface area contributed by atoms with E-state index < -0.39 is 24.1 Å². The van der Waals surface area contributed by atoms with Gasteiger partial charge in [0.1, 0.15) is 0 Å². The van der Waals surface area contributed by atoms with Gasteiger partial charge in [0.25, 0.3) is 0 Å². The van der Waals surface area contributed by atoms with E-state index in [0.29, 0.717) is 13.3 Å². The van der Waals surface area contributed by atoms with E-state index in [0.717, 1.165) is 4.43 Å². The number of carboxylic acid groups (broad SMARTS) is 1. The molecule has 0 saturated carbocycles. The molecule has 0 unspecified atom stereocenters. The summed E-state index contributed by atoms with van der Waals surface area (Å²) in [4.78, 5) is 10.5. The van der Waals surface area contributed by atoms with Crippen molar-refractivity contribution in [2.45, 2.75) is 13.8 Å². The number of alkyl halides is 1. The third kappa shape index (κ3) is 5.40. The standard InChI is InChI=1S/C6H14INO3/c1-3-7(6(9)10)8-5-11-4-2/h8H,3-5H2,1-2H3,(H,9,10). The number of hydrogen-bond acceptors (Lipinski definition) is 3. The molecule has 0 amide bonds. The van der Waals surface area contributed by atoms with Gasteiger partial charge < -0.3 is 0 Å². The van der Waals surface area contributed by atoms with Crippen LogP contribution in [0.3, 0.4) is 0 Å². The Morgan fingerprint density at radius 3 is 2.64 bits per heavy atom. The van der Waals surface area contributed by atoms with Crippen molar-refractivity contribution in [3.8, 4) is 0 Å². The summed E-state index contributed by atoms with van der Waals surface area (Å²) in [5.74, 6) is 0. The summed E-state index contributed by atoms with van der Waals surface area (Å²) >= 11 is -1.94. The second-order valence-corrected chi connectivity index (χ2v) is 6.93. The molecule has 4 nitrogen and oxygen atoms in total. The summed E-state index contributed by atoms with van der Waals surface area (Å²) in [6.07, 6.45) is 0. The van der Waals surface area contributed by atoms with Gasteiger partial charge in [0, 0.05) is 0 Å². The van der Waals surface area contributed by atoms with E-state index in [1.165, 1.54) is 0 Å². The van der Waals surface area contributed by atoms with Crippen LogP contribution in [0.5, 0.6) is 0 Å². The molecule has 0 saturated heterocycles. The first-order chi connectivity index (χ1) is 5.22. The maximum atomic E-state index is 10.5. The first kappa shape index (κ1) is 11.1. The fourth-order valence-electron chi connectivity index (χ4n) is 0.472. The second-order valence-electron chi connectivity index (χ2n) is 1.65. The van der Waals surface area contributed by atoms with E-state index in [1.54, 1.807) is 0 Å². The molecular formula is C6H14INO3. The second kappa shape index (κ2) is 6.81. The summed E-state index contributed by atoms with van der Waals surface area (Å²) in [5.41, 5.74) is 0.